The Morgan fingerprint density at radius 1 is 1.20 bits per heavy atom. The average molecular weight is 377 g/mol. The van der Waals surface area contributed by atoms with Crippen LogP contribution in [0.3, 0.4) is 0 Å². The summed E-state index contributed by atoms with van der Waals surface area (Å²) in [4.78, 5) is 0.722. The minimum atomic E-state index is -3.31. The van der Waals surface area contributed by atoms with Crippen molar-refractivity contribution in [1.29, 1.82) is 0 Å². The molecule has 0 atom stereocenters. The van der Waals surface area contributed by atoms with E-state index in [0.29, 0.717) is 17.3 Å². The van der Waals surface area contributed by atoms with Gasteiger partial charge in [0.15, 0.2) is 5.82 Å². The Kier molecular flexibility index (Phi) is 4.53. The van der Waals surface area contributed by atoms with Gasteiger partial charge in [-0.2, -0.15) is 9.61 Å². The summed E-state index contributed by atoms with van der Waals surface area (Å²) in [6.45, 7) is 0.200. The number of nitrogens with zero attached hydrogens (tertiary/aromatic N) is 4. The lowest BCUT2D eigenvalue weighted by Gasteiger charge is -2.05. The van der Waals surface area contributed by atoms with Crippen LogP contribution in [0.5, 0.6) is 0 Å². The van der Waals surface area contributed by atoms with Gasteiger partial charge in [0.2, 0.25) is 15.0 Å². The van der Waals surface area contributed by atoms with Crippen LogP contribution in [0.25, 0.3) is 4.96 Å². The molecule has 3 aromatic rings. The number of hydrogen-bond acceptors (Lipinski definition) is 6. The summed E-state index contributed by atoms with van der Waals surface area (Å²) >= 11 is 1.38. The lowest BCUT2D eigenvalue weighted by atomic mass is 10.1. The van der Waals surface area contributed by atoms with Crippen molar-refractivity contribution in [2.75, 3.05) is 5.75 Å². The summed E-state index contributed by atoms with van der Waals surface area (Å²) in [6.07, 6.45) is 3.60. The first-order valence-electron chi connectivity index (χ1n) is 8.33. The molecule has 0 spiro atoms. The van der Waals surface area contributed by atoms with E-state index >= 15 is 0 Å². The van der Waals surface area contributed by atoms with E-state index in [1.54, 1.807) is 4.52 Å². The van der Waals surface area contributed by atoms with E-state index in [2.05, 4.69) is 20.0 Å². The van der Waals surface area contributed by atoms with Crippen molar-refractivity contribution in [3.05, 3.63) is 46.7 Å². The summed E-state index contributed by atoms with van der Waals surface area (Å²) in [5.74, 6) is 1.46. The molecule has 2 heterocycles. The van der Waals surface area contributed by atoms with Crippen LogP contribution in [0.1, 0.15) is 41.6 Å². The van der Waals surface area contributed by atoms with Gasteiger partial charge in [0.25, 0.3) is 0 Å². The van der Waals surface area contributed by atoms with Crippen LogP contribution in [0.2, 0.25) is 0 Å². The highest BCUT2D eigenvalue weighted by molar-refractivity contribution is 7.89. The minimum Gasteiger partial charge on any atom is -0.212 e. The number of benzene rings is 1. The summed E-state index contributed by atoms with van der Waals surface area (Å²) in [5, 5.41) is 13.4. The van der Waals surface area contributed by atoms with E-state index < -0.39 is 10.0 Å². The molecule has 1 aromatic carbocycles. The Balaban J connectivity index is 1.32. The van der Waals surface area contributed by atoms with Gasteiger partial charge in [-0.15, -0.1) is 10.2 Å². The Labute approximate surface area is 150 Å². The predicted octanol–water partition coefficient (Wildman–Crippen LogP) is 2.12. The third kappa shape index (κ3) is 4.05. The monoisotopic (exact) mass is 377 g/mol. The molecular formula is C16H19N5O2S2. The standard InChI is InChI=1S/C16H19N5O2S2/c22-25(23,10-4-7-12-5-2-1-3-6-12)17-11-14-20-21-15(13-8-9-13)18-19-16(21)24-14/h1-3,5-6,13,17H,4,7-11H2. The summed E-state index contributed by atoms with van der Waals surface area (Å²) in [6, 6.07) is 9.90. The van der Waals surface area contributed by atoms with Crippen molar-refractivity contribution in [2.24, 2.45) is 0 Å². The second kappa shape index (κ2) is 6.81. The average Bonchev–Trinajstić information content (AvgIpc) is 3.23. The van der Waals surface area contributed by atoms with Crippen molar-refractivity contribution in [3.8, 4) is 0 Å². The maximum absolute atomic E-state index is 12.2. The SMILES string of the molecule is O=S(=O)(CCCc1ccccc1)NCc1nn2c(C3CC3)nnc2s1. The smallest absolute Gasteiger partial charge is 0.212 e. The number of fused-ring (bicyclic) bond motifs is 1. The first kappa shape index (κ1) is 16.6. The number of hydrogen-bond donors (Lipinski definition) is 1. The highest BCUT2D eigenvalue weighted by Crippen LogP contribution is 2.39. The van der Waals surface area contributed by atoms with Crippen LogP contribution in [0.15, 0.2) is 30.3 Å². The summed E-state index contributed by atoms with van der Waals surface area (Å²) < 4.78 is 28.7. The fourth-order valence-electron chi connectivity index (χ4n) is 2.69. The third-order valence-electron chi connectivity index (χ3n) is 4.16. The number of aryl methyl sites for hydroxylation is 1. The van der Waals surface area contributed by atoms with E-state index in [1.165, 1.54) is 11.3 Å². The molecule has 0 aliphatic heterocycles. The molecule has 2 aromatic heterocycles. The second-order valence-corrected chi connectivity index (χ2v) is 9.22. The summed E-state index contributed by atoms with van der Waals surface area (Å²) in [5.41, 5.74) is 1.15. The van der Waals surface area contributed by atoms with Gasteiger partial charge in [0.05, 0.1) is 12.3 Å². The van der Waals surface area contributed by atoms with Crippen LogP contribution >= 0.6 is 11.3 Å². The Hall–Kier alpha value is -1.84. The lowest BCUT2D eigenvalue weighted by molar-refractivity contribution is 0.577. The molecule has 0 saturated heterocycles. The van der Waals surface area contributed by atoms with Crippen molar-refractivity contribution < 1.29 is 8.42 Å². The molecule has 7 nitrogen and oxygen atoms in total. The number of nitrogens with one attached hydrogen (secondary N) is 1. The zero-order chi connectivity index (χ0) is 17.3. The van der Waals surface area contributed by atoms with Gasteiger partial charge >= 0.3 is 0 Å². The molecule has 132 valence electrons. The maximum Gasteiger partial charge on any atom is 0.234 e. The quantitative estimate of drug-likeness (QED) is 0.649. The lowest BCUT2D eigenvalue weighted by Crippen LogP contribution is -2.26. The van der Waals surface area contributed by atoms with E-state index in [1.807, 2.05) is 30.3 Å². The second-order valence-electron chi connectivity index (χ2n) is 6.25. The normalized spacial score (nSPS) is 15.0. The first-order chi connectivity index (χ1) is 12.1. The molecule has 0 bridgehead atoms. The number of aromatic nitrogens is 4. The molecule has 1 aliphatic rings. The van der Waals surface area contributed by atoms with E-state index in [0.717, 1.165) is 35.6 Å². The topological polar surface area (TPSA) is 89.2 Å². The molecule has 0 radical (unpaired) electrons. The first-order valence-corrected chi connectivity index (χ1v) is 10.8. The minimum absolute atomic E-state index is 0.110. The molecular weight excluding hydrogens is 358 g/mol. The molecule has 25 heavy (non-hydrogen) atoms. The zero-order valence-corrected chi connectivity index (χ0v) is 15.3. The predicted molar refractivity (Wildman–Crippen MR) is 96.0 cm³/mol. The van der Waals surface area contributed by atoms with Gasteiger partial charge in [-0.05, 0) is 31.2 Å². The molecule has 0 unspecified atom stereocenters. The van der Waals surface area contributed by atoms with E-state index in [-0.39, 0.29) is 12.3 Å². The van der Waals surface area contributed by atoms with Crippen LogP contribution in [-0.4, -0.2) is 34.0 Å². The van der Waals surface area contributed by atoms with Gasteiger partial charge in [0, 0.05) is 5.92 Å². The van der Waals surface area contributed by atoms with Crippen molar-refractivity contribution in [3.63, 3.8) is 0 Å². The van der Waals surface area contributed by atoms with Gasteiger partial charge in [-0.1, -0.05) is 41.7 Å². The summed E-state index contributed by atoms with van der Waals surface area (Å²) in [7, 11) is -3.31. The third-order valence-corrected chi connectivity index (χ3v) is 6.47. The fourth-order valence-corrected chi connectivity index (χ4v) is 4.59. The van der Waals surface area contributed by atoms with Crippen molar-refractivity contribution in [2.45, 2.75) is 38.1 Å². The van der Waals surface area contributed by atoms with Crippen LogP contribution < -0.4 is 4.72 Å². The highest BCUT2D eigenvalue weighted by Gasteiger charge is 2.30. The Morgan fingerprint density at radius 3 is 2.76 bits per heavy atom. The molecule has 1 aliphatic carbocycles. The van der Waals surface area contributed by atoms with Gasteiger partial charge in [-0.3, -0.25) is 0 Å². The van der Waals surface area contributed by atoms with E-state index in [9.17, 15) is 8.42 Å². The van der Waals surface area contributed by atoms with Crippen LogP contribution in [-0.2, 0) is 23.0 Å². The fraction of sp³-hybridized carbons (Fsp3) is 0.438. The van der Waals surface area contributed by atoms with Gasteiger partial charge in [0.1, 0.15) is 5.01 Å². The maximum atomic E-state index is 12.2. The van der Waals surface area contributed by atoms with Gasteiger partial charge in [-0.25, -0.2) is 13.1 Å². The number of sulfonamides is 1. The molecule has 9 heteroatoms. The Morgan fingerprint density at radius 2 is 2.00 bits per heavy atom. The van der Waals surface area contributed by atoms with Gasteiger partial charge < -0.3 is 0 Å². The van der Waals surface area contributed by atoms with Crippen LogP contribution in [0, 0.1) is 0 Å². The largest absolute Gasteiger partial charge is 0.234 e. The van der Waals surface area contributed by atoms with Crippen molar-refractivity contribution in [1.82, 2.24) is 24.5 Å². The molecule has 4 rings (SSSR count). The molecule has 1 fully saturated rings. The van der Waals surface area contributed by atoms with E-state index in [4.69, 9.17) is 0 Å². The molecule has 0 amide bonds. The zero-order valence-electron chi connectivity index (χ0n) is 13.6. The molecule has 1 N–H and O–H groups in total. The number of rotatable bonds is 8. The highest BCUT2D eigenvalue weighted by atomic mass is 32.2. The van der Waals surface area contributed by atoms with Crippen LogP contribution in [0.4, 0.5) is 0 Å². The molecule has 1 saturated carbocycles. The van der Waals surface area contributed by atoms with Crippen molar-refractivity contribution >= 4 is 26.3 Å². The Bertz CT molecular complexity index is 961.